The van der Waals surface area contributed by atoms with E-state index in [1.165, 1.54) is 0 Å². The molecule has 0 fully saturated rings. The molecular weight excluding hydrogens is 260 g/mol. The Morgan fingerprint density at radius 2 is 2.00 bits per heavy atom. The van der Waals surface area contributed by atoms with Gasteiger partial charge in [0.1, 0.15) is 13.2 Å². The largest absolute Gasteiger partial charge is 0.508 e. The zero-order valence-corrected chi connectivity index (χ0v) is 10.1. The van der Waals surface area contributed by atoms with Crippen LogP contribution >= 0.6 is 15.9 Å². The van der Waals surface area contributed by atoms with Crippen molar-refractivity contribution in [1.82, 2.24) is 0 Å². The highest BCUT2D eigenvalue weighted by Crippen LogP contribution is 2.03. The summed E-state index contributed by atoms with van der Waals surface area (Å²) in [5.41, 5.74) is 0.946. The maximum absolute atomic E-state index is 11.1. The monoisotopic (exact) mass is 272 g/mol. The van der Waals surface area contributed by atoms with Gasteiger partial charge in [-0.3, -0.25) is 0 Å². The molecule has 0 aliphatic carbocycles. The summed E-state index contributed by atoms with van der Waals surface area (Å²) in [6.07, 6.45) is -0.634. The zero-order valence-electron chi connectivity index (χ0n) is 8.48. The molecule has 0 saturated carbocycles. The lowest BCUT2D eigenvalue weighted by molar-refractivity contribution is 0.0511. The Hall–Kier alpha value is -1.03. The minimum atomic E-state index is -0.634. The predicted octanol–water partition coefficient (Wildman–Crippen LogP) is 3.12. The highest BCUT2D eigenvalue weighted by atomic mass is 79.9. The third-order valence-electron chi connectivity index (χ3n) is 1.63. The van der Waals surface area contributed by atoms with Crippen LogP contribution in [0.1, 0.15) is 12.5 Å². The van der Waals surface area contributed by atoms with E-state index in [0.717, 1.165) is 5.56 Å². The molecule has 0 heterocycles. The molecule has 15 heavy (non-hydrogen) atoms. The van der Waals surface area contributed by atoms with E-state index < -0.39 is 6.16 Å². The van der Waals surface area contributed by atoms with E-state index in [1.54, 1.807) is 0 Å². The van der Waals surface area contributed by atoms with Crippen LogP contribution in [0.15, 0.2) is 30.3 Å². The van der Waals surface area contributed by atoms with Crippen molar-refractivity contribution in [3.05, 3.63) is 35.9 Å². The van der Waals surface area contributed by atoms with E-state index in [1.807, 2.05) is 37.3 Å². The number of hydrogen-bond acceptors (Lipinski definition) is 3. The van der Waals surface area contributed by atoms with Crippen LogP contribution in [0.5, 0.6) is 0 Å². The molecule has 0 spiro atoms. The minimum Gasteiger partial charge on any atom is -0.433 e. The standard InChI is InChI=1S/C11H13BrO3/c1-9(12)7-14-11(13)15-8-10-5-3-2-4-6-10/h2-6,9H,7-8H2,1H3. The van der Waals surface area contributed by atoms with Crippen LogP contribution in [0.3, 0.4) is 0 Å². The summed E-state index contributed by atoms with van der Waals surface area (Å²) in [6, 6.07) is 9.48. The summed E-state index contributed by atoms with van der Waals surface area (Å²) in [6.45, 7) is 2.45. The Balaban J connectivity index is 2.23. The van der Waals surface area contributed by atoms with Gasteiger partial charge in [0.25, 0.3) is 0 Å². The van der Waals surface area contributed by atoms with Crippen molar-refractivity contribution in [3.8, 4) is 0 Å². The average molecular weight is 273 g/mol. The van der Waals surface area contributed by atoms with Gasteiger partial charge in [-0.25, -0.2) is 4.79 Å². The molecule has 0 N–H and O–H groups in total. The van der Waals surface area contributed by atoms with E-state index >= 15 is 0 Å². The van der Waals surface area contributed by atoms with Crippen molar-refractivity contribution in [2.24, 2.45) is 0 Å². The van der Waals surface area contributed by atoms with Gasteiger partial charge in [0.2, 0.25) is 0 Å². The van der Waals surface area contributed by atoms with Crippen molar-refractivity contribution < 1.29 is 14.3 Å². The highest BCUT2D eigenvalue weighted by Gasteiger charge is 2.05. The molecule has 0 aliphatic heterocycles. The van der Waals surface area contributed by atoms with Gasteiger partial charge in [-0.1, -0.05) is 46.3 Å². The van der Waals surface area contributed by atoms with Crippen molar-refractivity contribution in [2.75, 3.05) is 6.61 Å². The van der Waals surface area contributed by atoms with Crippen LogP contribution in [-0.2, 0) is 16.1 Å². The molecule has 0 radical (unpaired) electrons. The van der Waals surface area contributed by atoms with Gasteiger partial charge in [-0.05, 0) is 12.5 Å². The molecule has 0 bridgehead atoms. The molecule has 0 aromatic heterocycles. The molecule has 1 aromatic rings. The molecule has 1 aromatic carbocycles. The fourth-order valence-corrected chi connectivity index (χ4v) is 1.07. The smallest absolute Gasteiger partial charge is 0.433 e. The second-order valence-corrected chi connectivity index (χ2v) is 4.68. The van der Waals surface area contributed by atoms with Crippen molar-refractivity contribution in [1.29, 1.82) is 0 Å². The number of rotatable bonds is 4. The molecule has 0 saturated heterocycles. The van der Waals surface area contributed by atoms with Crippen LogP contribution in [0.25, 0.3) is 0 Å². The third-order valence-corrected chi connectivity index (χ3v) is 1.89. The van der Waals surface area contributed by atoms with Crippen LogP contribution in [0, 0.1) is 0 Å². The Bertz CT molecular complexity index is 298. The van der Waals surface area contributed by atoms with Crippen molar-refractivity contribution in [2.45, 2.75) is 18.4 Å². The van der Waals surface area contributed by atoms with Crippen molar-refractivity contribution >= 4 is 22.1 Å². The van der Waals surface area contributed by atoms with Gasteiger partial charge in [-0.15, -0.1) is 0 Å². The third kappa shape index (κ3) is 5.42. The summed E-state index contributed by atoms with van der Waals surface area (Å²) in [7, 11) is 0. The number of benzene rings is 1. The Labute approximate surface area is 97.5 Å². The van der Waals surface area contributed by atoms with Gasteiger partial charge in [-0.2, -0.15) is 0 Å². The number of alkyl halides is 1. The average Bonchev–Trinajstić information content (AvgIpc) is 2.25. The molecule has 3 nitrogen and oxygen atoms in total. The summed E-state index contributed by atoms with van der Waals surface area (Å²) >= 11 is 3.27. The van der Waals surface area contributed by atoms with E-state index in [-0.39, 0.29) is 11.4 Å². The number of carbonyl (C=O) groups is 1. The first-order valence-corrected chi connectivity index (χ1v) is 5.57. The molecule has 1 atom stereocenters. The lowest BCUT2D eigenvalue weighted by Gasteiger charge is -2.07. The topological polar surface area (TPSA) is 35.5 Å². The molecule has 0 aliphatic rings. The molecule has 0 amide bonds. The first-order valence-electron chi connectivity index (χ1n) is 4.66. The van der Waals surface area contributed by atoms with Crippen molar-refractivity contribution in [3.63, 3.8) is 0 Å². The maximum atomic E-state index is 11.1. The lowest BCUT2D eigenvalue weighted by atomic mass is 10.2. The van der Waals surface area contributed by atoms with Gasteiger partial charge < -0.3 is 9.47 Å². The first kappa shape index (κ1) is 12.0. The second kappa shape index (κ2) is 6.45. The molecule has 82 valence electrons. The number of carbonyl (C=O) groups excluding carboxylic acids is 1. The fourth-order valence-electron chi connectivity index (χ4n) is 0.941. The fraction of sp³-hybridized carbons (Fsp3) is 0.364. The normalized spacial score (nSPS) is 11.9. The summed E-state index contributed by atoms with van der Waals surface area (Å²) in [4.78, 5) is 11.2. The first-order chi connectivity index (χ1) is 7.18. The zero-order chi connectivity index (χ0) is 11.1. The maximum Gasteiger partial charge on any atom is 0.508 e. The lowest BCUT2D eigenvalue weighted by Crippen LogP contribution is -2.12. The predicted molar refractivity (Wildman–Crippen MR) is 61.0 cm³/mol. The molecule has 4 heteroatoms. The number of ether oxygens (including phenoxy) is 2. The van der Waals surface area contributed by atoms with Gasteiger partial charge >= 0.3 is 6.16 Å². The Morgan fingerprint density at radius 1 is 1.33 bits per heavy atom. The van der Waals surface area contributed by atoms with Crippen LogP contribution in [0.2, 0.25) is 0 Å². The Morgan fingerprint density at radius 3 is 2.60 bits per heavy atom. The van der Waals surface area contributed by atoms with E-state index in [0.29, 0.717) is 6.61 Å². The second-order valence-electron chi connectivity index (χ2n) is 3.12. The van der Waals surface area contributed by atoms with E-state index in [2.05, 4.69) is 15.9 Å². The van der Waals surface area contributed by atoms with Crippen LogP contribution in [-0.4, -0.2) is 17.6 Å². The van der Waals surface area contributed by atoms with Crippen LogP contribution < -0.4 is 0 Å². The highest BCUT2D eigenvalue weighted by molar-refractivity contribution is 9.09. The van der Waals surface area contributed by atoms with Gasteiger partial charge in [0.05, 0.1) is 0 Å². The SMILES string of the molecule is CC(Br)COC(=O)OCc1ccccc1. The quantitative estimate of drug-likeness (QED) is 0.624. The Kier molecular flexibility index (Phi) is 5.18. The molecule has 1 unspecified atom stereocenters. The number of halogens is 1. The summed E-state index contributed by atoms with van der Waals surface area (Å²) < 4.78 is 9.71. The van der Waals surface area contributed by atoms with Gasteiger partial charge in [0.15, 0.2) is 0 Å². The summed E-state index contributed by atoms with van der Waals surface area (Å²) in [5, 5.41) is 0. The van der Waals surface area contributed by atoms with E-state index in [4.69, 9.17) is 9.47 Å². The van der Waals surface area contributed by atoms with Crippen LogP contribution in [0.4, 0.5) is 4.79 Å². The minimum absolute atomic E-state index is 0.141. The molecular formula is C11H13BrO3. The summed E-state index contributed by atoms with van der Waals surface area (Å²) in [5.74, 6) is 0. The number of hydrogen-bond donors (Lipinski definition) is 0. The molecule has 1 rings (SSSR count). The van der Waals surface area contributed by atoms with Gasteiger partial charge in [0, 0.05) is 4.83 Å². The van der Waals surface area contributed by atoms with E-state index in [9.17, 15) is 4.79 Å².